The molecule has 0 atom stereocenters. The van der Waals surface area contributed by atoms with Crippen molar-refractivity contribution < 1.29 is 13.2 Å². The van der Waals surface area contributed by atoms with Crippen molar-refractivity contribution in [2.24, 2.45) is 0 Å². The largest absolute Gasteiger partial charge is 0.340 e. The van der Waals surface area contributed by atoms with Gasteiger partial charge in [-0.2, -0.15) is 0 Å². The van der Waals surface area contributed by atoms with Gasteiger partial charge in [-0.3, -0.25) is 9.78 Å². The molecule has 5 nitrogen and oxygen atoms in total. The number of hydrogen-bond acceptors (Lipinski definition) is 4. The third kappa shape index (κ3) is 3.53. The van der Waals surface area contributed by atoms with Gasteiger partial charge in [0.05, 0.1) is 22.9 Å². The van der Waals surface area contributed by atoms with Crippen LogP contribution in [0.1, 0.15) is 26.0 Å². The fourth-order valence-electron chi connectivity index (χ4n) is 1.50. The molecule has 1 amide bonds. The molecule has 0 unspecified atom stereocenters. The van der Waals surface area contributed by atoms with E-state index in [1.807, 2.05) is 0 Å². The van der Waals surface area contributed by atoms with E-state index in [2.05, 4.69) is 4.98 Å². The minimum atomic E-state index is -3.23. The van der Waals surface area contributed by atoms with Crippen LogP contribution in [-0.2, 0) is 21.2 Å². The van der Waals surface area contributed by atoms with Crippen molar-refractivity contribution in [1.82, 2.24) is 9.88 Å². The third-order valence-corrected chi connectivity index (χ3v) is 4.39. The second kappa shape index (κ2) is 5.95. The molecule has 0 aliphatic rings. The van der Waals surface area contributed by atoms with Gasteiger partial charge in [0.2, 0.25) is 5.91 Å². The molecular weight excluding hydrogens is 252 g/mol. The van der Waals surface area contributed by atoms with Crippen LogP contribution in [0.15, 0.2) is 23.2 Å². The van der Waals surface area contributed by atoms with Crippen molar-refractivity contribution in [2.75, 3.05) is 12.8 Å². The number of hydrogen-bond donors (Lipinski definition) is 0. The minimum Gasteiger partial charge on any atom is -0.340 e. The van der Waals surface area contributed by atoms with E-state index in [1.54, 1.807) is 20.9 Å². The molecule has 1 rings (SSSR count). The van der Waals surface area contributed by atoms with E-state index < -0.39 is 9.84 Å². The van der Waals surface area contributed by atoms with Gasteiger partial charge in [0, 0.05) is 19.7 Å². The molecule has 0 saturated heterocycles. The third-order valence-electron chi connectivity index (χ3n) is 2.65. The Kier molecular flexibility index (Phi) is 4.84. The van der Waals surface area contributed by atoms with Crippen molar-refractivity contribution >= 4 is 15.7 Å². The summed E-state index contributed by atoms with van der Waals surface area (Å²) in [5, 5.41) is 0. The Labute approximate surface area is 108 Å². The highest BCUT2D eigenvalue weighted by Crippen LogP contribution is 2.12. The zero-order valence-corrected chi connectivity index (χ0v) is 11.7. The summed E-state index contributed by atoms with van der Waals surface area (Å²) in [4.78, 5) is 17.3. The Morgan fingerprint density at radius 1 is 1.39 bits per heavy atom. The quantitative estimate of drug-likeness (QED) is 0.807. The van der Waals surface area contributed by atoms with Crippen molar-refractivity contribution in [2.45, 2.75) is 31.7 Å². The molecule has 1 aromatic rings. The lowest BCUT2D eigenvalue weighted by Gasteiger charge is -2.15. The molecule has 100 valence electrons. The lowest BCUT2D eigenvalue weighted by Crippen LogP contribution is -2.25. The van der Waals surface area contributed by atoms with Gasteiger partial charge in [0.1, 0.15) is 0 Å². The number of aromatic nitrogens is 1. The fourth-order valence-corrected chi connectivity index (χ4v) is 2.42. The Hall–Kier alpha value is -1.43. The number of sulfone groups is 1. The first kappa shape index (κ1) is 14.6. The Morgan fingerprint density at radius 2 is 2.06 bits per heavy atom. The topological polar surface area (TPSA) is 67.3 Å². The normalized spacial score (nSPS) is 11.3. The smallest absolute Gasteiger partial charge is 0.222 e. The summed E-state index contributed by atoms with van der Waals surface area (Å²) < 4.78 is 23.4. The summed E-state index contributed by atoms with van der Waals surface area (Å²) in [5.41, 5.74) is 0.578. The van der Waals surface area contributed by atoms with E-state index in [0.717, 1.165) is 0 Å². The highest BCUT2D eigenvalue weighted by molar-refractivity contribution is 7.91. The summed E-state index contributed by atoms with van der Waals surface area (Å²) in [6.45, 7) is 3.70. The monoisotopic (exact) mass is 270 g/mol. The second-order valence-electron chi connectivity index (χ2n) is 3.99. The molecule has 0 N–H and O–H groups in total. The highest BCUT2D eigenvalue weighted by Gasteiger charge is 2.13. The predicted molar refractivity (Wildman–Crippen MR) is 68.7 cm³/mol. The van der Waals surface area contributed by atoms with Crippen LogP contribution >= 0.6 is 0 Å². The molecule has 0 bridgehead atoms. The van der Waals surface area contributed by atoms with Gasteiger partial charge in [-0.15, -0.1) is 0 Å². The maximum Gasteiger partial charge on any atom is 0.222 e. The number of amides is 1. The minimum absolute atomic E-state index is 0.000511. The fraction of sp³-hybridized carbons (Fsp3) is 0.500. The highest BCUT2D eigenvalue weighted by atomic mass is 32.2. The number of carbonyl (C=O) groups excluding carboxylic acids is 1. The number of nitrogens with zero attached hydrogens (tertiary/aromatic N) is 2. The van der Waals surface area contributed by atoms with Gasteiger partial charge in [-0.25, -0.2) is 8.42 Å². The van der Waals surface area contributed by atoms with Gasteiger partial charge in [-0.05, 0) is 12.1 Å². The molecule has 18 heavy (non-hydrogen) atoms. The van der Waals surface area contributed by atoms with Crippen LogP contribution in [0.2, 0.25) is 0 Å². The lowest BCUT2D eigenvalue weighted by atomic mass is 10.3. The van der Waals surface area contributed by atoms with Crippen LogP contribution in [0.25, 0.3) is 0 Å². The lowest BCUT2D eigenvalue weighted by molar-refractivity contribution is -0.130. The van der Waals surface area contributed by atoms with Gasteiger partial charge < -0.3 is 4.90 Å². The van der Waals surface area contributed by atoms with Gasteiger partial charge in [0.25, 0.3) is 0 Å². The molecule has 0 saturated carbocycles. The predicted octanol–water partition coefficient (Wildman–Crippen LogP) is 1.24. The summed E-state index contributed by atoms with van der Waals surface area (Å²) in [7, 11) is -1.55. The van der Waals surface area contributed by atoms with Gasteiger partial charge in [-0.1, -0.05) is 13.8 Å². The molecule has 6 heteroatoms. The summed E-state index contributed by atoms with van der Waals surface area (Å²) in [5.74, 6) is 0.0562. The first-order chi connectivity index (χ1) is 8.40. The average Bonchev–Trinajstić information content (AvgIpc) is 2.38. The molecule has 1 aromatic heterocycles. The van der Waals surface area contributed by atoms with Gasteiger partial charge in [0.15, 0.2) is 9.84 Å². The van der Waals surface area contributed by atoms with E-state index in [-0.39, 0.29) is 16.6 Å². The SMILES string of the molecule is CCC(=O)N(C)Cc1cc(S(=O)(=O)CC)ccn1. The van der Waals surface area contributed by atoms with Crippen molar-refractivity contribution in [3.63, 3.8) is 0 Å². The van der Waals surface area contributed by atoms with E-state index >= 15 is 0 Å². The van der Waals surface area contributed by atoms with E-state index in [4.69, 9.17) is 0 Å². The molecule has 0 spiro atoms. The summed E-state index contributed by atoms with van der Waals surface area (Å²) >= 11 is 0. The molecule has 0 aromatic carbocycles. The van der Waals surface area contributed by atoms with E-state index in [1.165, 1.54) is 23.2 Å². The first-order valence-electron chi connectivity index (χ1n) is 5.82. The van der Waals surface area contributed by atoms with Crippen molar-refractivity contribution in [3.05, 3.63) is 24.0 Å². The Balaban J connectivity index is 2.93. The maximum atomic E-state index is 11.7. The Bertz CT molecular complexity index is 526. The van der Waals surface area contributed by atoms with E-state index in [9.17, 15) is 13.2 Å². The number of rotatable bonds is 5. The zero-order chi connectivity index (χ0) is 13.8. The van der Waals surface area contributed by atoms with Crippen LogP contribution in [0.4, 0.5) is 0 Å². The van der Waals surface area contributed by atoms with Crippen LogP contribution in [-0.4, -0.2) is 37.0 Å². The number of pyridine rings is 1. The first-order valence-corrected chi connectivity index (χ1v) is 7.47. The molecular formula is C12H18N2O3S. The second-order valence-corrected chi connectivity index (χ2v) is 6.27. The maximum absolute atomic E-state index is 11.7. The number of carbonyl (C=O) groups is 1. The summed E-state index contributed by atoms with van der Waals surface area (Å²) in [6.07, 6.45) is 1.88. The zero-order valence-electron chi connectivity index (χ0n) is 10.9. The molecule has 0 aliphatic heterocycles. The summed E-state index contributed by atoms with van der Waals surface area (Å²) in [6, 6.07) is 3.00. The van der Waals surface area contributed by atoms with E-state index in [0.29, 0.717) is 18.7 Å². The standard InChI is InChI=1S/C12H18N2O3S/c1-4-12(15)14(3)9-10-8-11(6-7-13-10)18(16,17)5-2/h6-8H,4-5,9H2,1-3H3. The van der Waals surface area contributed by atoms with Crippen molar-refractivity contribution in [3.8, 4) is 0 Å². The van der Waals surface area contributed by atoms with Crippen molar-refractivity contribution in [1.29, 1.82) is 0 Å². The average molecular weight is 270 g/mol. The Morgan fingerprint density at radius 3 is 2.61 bits per heavy atom. The van der Waals surface area contributed by atoms with Crippen LogP contribution in [0.3, 0.4) is 0 Å². The molecule has 0 radical (unpaired) electrons. The molecule has 0 aliphatic carbocycles. The molecule has 0 fully saturated rings. The van der Waals surface area contributed by atoms with Gasteiger partial charge >= 0.3 is 0 Å². The van der Waals surface area contributed by atoms with Crippen LogP contribution in [0, 0.1) is 0 Å². The molecule has 1 heterocycles. The van der Waals surface area contributed by atoms with Crippen LogP contribution < -0.4 is 0 Å². The van der Waals surface area contributed by atoms with Crippen LogP contribution in [0.5, 0.6) is 0 Å².